The summed E-state index contributed by atoms with van der Waals surface area (Å²) < 4.78 is 27.3. The Labute approximate surface area is 218 Å². The predicted octanol–water partition coefficient (Wildman–Crippen LogP) is 6.72. The van der Waals surface area contributed by atoms with Crippen LogP contribution in [0.1, 0.15) is 63.5 Å². The van der Waals surface area contributed by atoms with Crippen LogP contribution < -0.4 is 5.32 Å². The molecule has 0 radical (unpaired) electrons. The minimum Gasteiger partial charge on any atom is -0.462 e. The number of esters is 1. The van der Waals surface area contributed by atoms with Gasteiger partial charge in [0.25, 0.3) is 0 Å². The highest BCUT2D eigenvalue weighted by Crippen LogP contribution is 2.38. The number of nitrogens with one attached hydrogen (secondary N) is 1. The van der Waals surface area contributed by atoms with Crippen molar-refractivity contribution in [2.24, 2.45) is 0 Å². The third-order valence-electron chi connectivity index (χ3n) is 6.48. The van der Waals surface area contributed by atoms with E-state index >= 15 is 0 Å². The summed E-state index contributed by atoms with van der Waals surface area (Å²) in [5.41, 5.74) is 1.53. The fourth-order valence-corrected chi connectivity index (χ4v) is 5.67. The lowest BCUT2D eigenvalue weighted by atomic mass is 10.1. The number of fused-ring (bicyclic) bond motifs is 1. The first-order valence-corrected chi connectivity index (χ1v) is 16.0. The van der Waals surface area contributed by atoms with Crippen LogP contribution in [0.5, 0.6) is 0 Å². The van der Waals surface area contributed by atoms with Crippen molar-refractivity contribution >= 4 is 37.5 Å². The molecule has 3 aromatic rings. The number of anilines is 1. The molecule has 36 heavy (non-hydrogen) atoms. The number of rotatable bonds is 10. The summed E-state index contributed by atoms with van der Waals surface area (Å²) in [6.07, 6.45) is 3.17. The second-order valence-corrected chi connectivity index (χ2v) is 16.7. The Bertz CT molecular complexity index is 1210. The zero-order chi connectivity index (χ0) is 26.7. The van der Waals surface area contributed by atoms with Crippen LogP contribution in [0.3, 0.4) is 0 Å². The summed E-state index contributed by atoms with van der Waals surface area (Å²) in [4.78, 5) is 17.8. The Hall–Kier alpha value is -2.43. The quantitative estimate of drug-likeness (QED) is 0.176. The molecule has 0 aliphatic heterocycles. The molecular weight excluding hydrogens is 495 g/mol. The van der Waals surface area contributed by atoms with E-state index in [1.54, 1.807) is 37.0 Å². The number of halogens is 1. The third-order valence-corrected chi connectivity index (χ3v) is 12.1. The first-order chi connectivity index (χ1) is 16.8. The van der Waals surface area contributed by atoms with Crippen LogP contribution in [0.15, 0.2) is 41.6 Å². The van der Waals surface area contributed by atoms with E-state index in [1.165, 1.54) is 16.8 Å². The molecule has 7 nitrogen and oxygen atoms in total. The molecule has 2 heterocycles. The van der Waals surface area contributed by atoms with Crippen molar-refractivity contribution in [3.05, 3.63) is 53.6 Å². The van der Waals surface area contributed by atoms with E-state index in [2.05, 4.69) is 56.2 Å². The van der Waals surface area contributed by atoms with Crippen molar-refractivity contribution < 1.29 is 18.3 Å². The number of ether oxygens (including phenoxy) is 1. The molecule has 1 N–H and O–H groups in total. The fraction of sp³-hybridized carbons (Fsp3) is 0.500. The lowest BCUT2D eigenvalue weighted by Crippen LogP contribution is -2.42. The van der Waals surface area contributed by atoms with E-state index in [-0.39, 0.29) is 28.8 Å². The van der Waals surface area contributed by atoms with Crippen molar-refractivity contribution in [1.82, 2.24) is 14.6 Å². The molecule has 0 aliphatic rings. The molecule has 0 aliphatic carbocycles. The molecule has 10 heteroatoms. The van der Waals surface area contributed by atoms with E-state index in [1.807, 2.05) is 13.0 Å². The van der Waals surface area contributed by atoms with Crippen molar-refractivity contribution in [2.75, 3.05) is 18.5 Å². The van der Waals surface area contributed by atoms with E-state index < -0.39 is 14.3 Å². The van der Waals surface area contributed by atoms with Crippen LogP contribution >= 0.6 is 11.8 Å². The highest BCUT2D eigenvalue weighted by molar-refractivity contribution is 8.00. The van der Waals surface area contributed by atoms with Crippen molar-refractivity contribution in [3.63, 3.8) is 0 Å². The Morgan fingerprint density at radius 1 is 1.25 bits per heavy atom. The fourth-order valence-electron chi connectivity index (χ4n) is 3.36. The Balaban J connectivity index is 1.77. The van der Waals surface area contributed by atoms with Gasteiger partial charge in [-0.25, -0.2) is 18.7 Å². The molecule has 2 aromatic heterocycles. The molecule has 0 fully saturated rings. The average Bonchev–Trinajstić information content (AvgIpc) is 3.21. The summed E-state index contributed by atoms with van der Waals surface area (Å²) in [6.45, 7) is 17.9. The number of nitrogens with zero attached hydrogens (tertiary/aromatic N) is 3. The lowest BCUT2D eigenvalue weighted by molar-refractivity contribution is 0.0528. The summed E-state index contributed by atoms with van der Waals surface area (Å²) >= 11 is 1.68. The molecule has 3 rings (SSSR count). The highest BCUT2D eigenvalue weighted by atomic mass is 32.2. The first-order valence-electron chi connectivity index (χ1n) is 12.2. The second kappa shape index (κ2) is 11.3. The van der Waals surface area contributed by atoms with Gasteiger partial charge in [-0.2, -0.15) is 5.10 Å². The number of benzene rings is 1. The maximum absolute atomic E-state index is 14.3. The summed E-state index contributed by atoms with van der Waals surface area (Å²) in [6, 6.07) is 6.40. The van der Waals surface area contributed by atoms with Gasteiger partial charge in [-0.15, -0.1) is 11.8 Å². The Kier molecular flexibility index (Phi) is 8.84. The van der Waals surface area contributed by atoms with Crippen molar-refractivity contribution in [3.8, 4) is 0 Å². The largest absolute Gasteiger partial charge is 0.462 e. The normalized spacial score (nSPS) is 14.0. The van der Waals surface area contributed by atoms with Gasteiger partial charge in [0, 0.05) is 22.9 Å². The molecule has 0 spiro atoms. The van der Waals surface area contributed by atoms with Crippen LogP contribution in [-0.2, 0) is 9.16 Å². The van der Waals surface area contributed by atoms with Gasteiger partial charge in [-0.3, -0.25) is 0 Å². The van der Waals surface area contributed by atoms with E-state index in [0.717, 1.165) is 10.5 Å². The summed E-state index contributed by atoms with van der Waals surface area (Å²) in [7, 11) is -1.85. The number of thioether (sulfide) groups is 1. The van der Waals surface area contributed by atoms with Crippen LogP contribution in [0.4, 0.5) is 10.2 Å². The van der Waals surface area contributed by atoms with Crippen LogP contribution in [0.25, 0.3) is 5.65 Å². The predicted molar refractivity (Wildman–Crippen MR) is 146 cm³/mol. The number of carbonyl (C=O) groups is 1. The van der Waals surface area contributed by atoms with Crippen LogP contribution in [0, 0.1) is 5.82 Å². The van der Waals surface area contributed by atoms with Gasteiger partial charge in [0.1, 0.15) is 17.2 Å². The molecule has 1 aromatic carbocycles. The highest BCUT2D eigenvalue weighted by Gasteiger charge is 2.37. The van der Waals surface area contributed by atoms with Crippen molar-refractivity contribution in [1.29, 1.82) is 0 Å². The first kappa shape index (κ1) is 28.1. The molecular formula is C26H37FN4O3SSi. The molecule has 0 saturated heterocycles. The number of carbonyl (C=O) groups excluding carboxylic acids is 1. The topological polar surface area (TPSA) is 77.8 Å². The van der Waals surface area contributed by atoms with E-state index in [9.17, 15) is 9.18 Å². The smallest absolute Gasteiger partial charge is 0.343 e. The molecule has 2 unspecified atom stereocenters. The van der Waals surface area contributed by atoms with Crippen LogP contribution in [0.2, 0.25) is 18.1 Å². The van der Waals surface area contributed by atoms with Gasteiger partial charge >= 0.3 is 5.97 Å². The SMILES string of the molecule is CCOC(=O)c1cnn2ccc(NC(C)c3cc(F)ccc3SC(C)CO[Si](C)(C)C(C)(C)C)nc12. The van der Waals surface area contributed by atoms with Gasteiger partial charge in [0.05, 0.1) is 18.8 Å². The standard InChI is InChI=1S/C26H37FN4O3SSi/c1-9-33-25(32)21-15-28-31-13-12-23(30-24(21)31)29-18(3)20-14-19(27)10-11-22(20)35-17(2)16-34-36(7,8)26(4,5)6/h10-15,17-18H,9,16H2,1-8H3,(H,29,30). The van der Waals surface area contributed by atoms with Gasteiger partial charge in [0.2, 0.25) is 0 Å². The Morgan fingerprint density at radius 3 is 2.64 bits per heavy atom. The number of hydrogen-bond donors (Lipinski definition) is 1. The monoisotopic (exact) mass is 532 g/mol. The molecule has 0 bridgehead atoms. The zero-order valence-corrected chi connectivity index (χ0v) is 24.2. The molecule has 0 amide bonds. The van der Waals surface area contributed by atoms with Gasteiger partial charge in [0.15, 0.2) is 14.0 Å². The summed E-state index contributed by atoms with van der Waals surface area (Å²) in [5.74, 6) is -0.213. The second-order valence-electron chi connectivity index (χ2n) is 10.4. The lowest BCUT2D eigenvalue weighted by Gasteiger charge is -2.37. The Morgan fingerprint density at radius 2 is 1.97 bits per heavy atom. The number of hydrogen-bond acceptors (Lipinski definition) is 7. The maximum Gasteiger partial charge on any atom is 0.343 e. The van der Waals surface area contributed by atoms with Gasteiger partial charge in [-0.05, 0) is 61.8 Å². The molecule has 2 atom stereocenters. The van der Waals surface area contributed by atoms with Crippen molar-refractivity contribution in [2.45, 2.75) is 75.9 Å². The minimum absolute atomic E-state index is 0.146. The van der Waals surface area contributed by atoms with E-state index in [4.69, 9.17) is 9.16 Å². The maximum atomic E-state index is 14.3. The zero-order valence-electron chi connectivity index (χ0n) is 22.4. The van der Waals surface area contributed by atoms with Gasteiger partial charge < -0.3 is 14.5 Å². The van der Waals surface area contributed by atoms with Crippen LogP contribution in [-0.4, -0.2) is 47.3 Å². The molecule has 0 saturated carbocycles. The average molecular weight is 533 g/mol. The third kappa shape index (κ3) is 6.66. The summed E-state index contributed by atoms with van der Waals surface area (Å²) in [5, 5.41) is 7.86. The van der Waals surface area contributed by atoms with E-state index in [0.29, 0.717) is 23.6 Å². The minimum atomic E-state index is -1.85. The molecule has 196 valence electrons. The number of aromatic nitrogens is 3. The van der Waals surface area contributed by atoms with Gasteiger partial charge in [-0.1, -0.05) is 27.7 Å².